The van der Waals surface area contributed by atoms with Gasteiger partial charge in [-0.3, -0.25) is 0 Å². The highest BCUT2D eigenvalue weighted by Crippen LogP contribution is 2.38. The number of hydrogen-bond donors (Lipinski definition) is 0. The number of aromatic nitrogens is 3. The van der Waals surface area contributed by atoms with Crippen LogP contribution in [0.4, 0.5) is 0 Å². The van der Waals surface area contributed by atoms with E-state index in [0.717, 1.165) is 18.7 Å². The van der Waals surface area contributed by atoms with Gasteiger partial charge in [0.25, 0.3) is 0 Å². The lowest BCUT2D eigenvalue weighted by molar-refractivity contribution is 0.299. The fourth-order valence-corrected chi connectivity index (χ4v) is 5.31. The molecule has 1 aliphatic carbocycles. The average Bonchev–Trinajstić information content (AvgIpc) is 3.14. The molecule has 1 saturated heterocycles. The van der Waals surface area contributed by atoms with Gasteiger partial charge in [-0.2, -0.15) is 0 Å². The van der Waals surface area contributed by atoms with Crippen molar-refractivity contribution in [1.82, 2.24) is 19.1 Å². The number of sulfonamides is 1. The highest BCUT2D eigenvalue weighted by molar-refractivity contribution is 7.89. The second-order valence-corrected chi connectivity index (χ2v) is 9.81. The highest BCUT2D eigenvalue weighted by atomic mass is 32.2. The van der Waals surface area contributed by atoms with Gasteiger partial charge in [0.1, 0.15) is 12.2 Å². The van der Waals surface area contributed by atoms with Crippen molar-refractivity contribution in [3.8, 4) is 0 Å². The molecule has 0 N–H and O–H groups in total. The molecule has 0 bridgehead atoms. The molecule has 1 atom stereocenters. The van der Waals surface area contributed by atoms with Crippen molar-refractivity contribution >= 4 is 10.0 Å². The second-order valence-electron chi connectivity index (χ2n) is 7.84. The van der Waals surface area contributed by atoms with E-state index in [1.807, 2.05) is 20.8 Å². The zero-order valence-electron chi connectivity index (χ0n) is 13.7. The predicted molar refractivity (Wildman–Crippen MR) is 85.1 cm³/mol. The van der Waals surface area contributed by atoms with Crippen molar-refractivity contribution in [2.24, 2.45) is 5.41 Å². The Morgan fingerprint density at radius 1 is 1.27 bits per heavy atom. The first-order valence-electron chi connectivity index (χ1n) is 8.13. The predicted octanol–water partition coefficient (Wildman–Crippen LogP) is 2.17. The van der Waals surface area contributed by atoms with E-state index < -0.39 is 10.0 Å². The van der Waals surface area contributed by atoms with E-state index in [2.05, 4.69) is 14.8 Å². The van der Waals surface area contributed by atoms with Gasteiger partial charge >= 0.3 is 0 Å². The van der Waals surface area contributed by atoms with E-state index in [1.165, 1.54) is 12.8 Å². The molecule has 1 aromatic rings. The van der Waals surface area contributed by atoms with Gasteiger partial charge in [0, 0.05) is 25.0 Å². The standard InChI is InChI=1S/C15H26N4O2S/c1-15(2,3)10-22(20,21)18-8-4-5-12(9-18)14-17-16-11-19(14)13-6-7-13/h11-13H,4-10H2,1-3H3. The molecule has 0 amide bonds. The summed E-state index contributed by atoms with van der Waals surface area (Å²) in [5.41, 5.74) is -0.222. The third kappa shape index (κ3) is 3.51. The van der Waals surface area contributed by atoms with Crippen LogP contribution < -0.4 is 0 Å². The molecule has 1 unspecified atom stereocenters. The Morgan fingerprint density at radius 3 is 2.64 bits per heavy atom. The molecule has 2 fully saturated rings. The van der Waals surface area contributed by atoms with Crippen LogP contribution in [0.25, 0.3) is 0 Å². The summed E-state index contributed by atoms with van der Waals surface area (Å²) in [6.45, 7) is 7.08. The molecule has 2 heterocycles. The van der Waals surface area contributed by atoms with E-state index in [-0.39, 0.29) is 17.1 Å². The lowest BCUT2D eigenvalue weighted by Crippen LogP contribution is -2.43. The minimum Gasteiger partial charge on any atom is -0.314 e. The number of hydrogen-bond acceptors (Lipinski definition) is 4. The fourth-order valence-electron chi connectivity index (χ4n) is 3.22. The molecule has 0 spiro atoms. The summed E-state index contributed by atoms with van der Waals surface area (Å²) in [6, 6.07) is 0.534. The molecule has 0 radical (unpaired) electrons. The molecule has 0 aromatic carbocycles. The van der Waals surface area contributed by atoms with E-state index in [4.69, 9.17) is 0 Å². The van der Waals surface area contributed by atoms with Crippen molar-refractivity contribution < 1.29 is 8.42 Å². The van der Waals surface area contributed by atoms with E-state index >= 15 is 0 Å². The molecule has 1 aliphatic heterocycles. The summed E-state index contributed by atoms with van der Waals surface area (Å²) in [5.74, 6) is 1.34. The van der Waals surface area contributed by atoms with Crippen LogP contribution in [-0.2, 0) is 10.0 Å². The molecule has 22 heavy (non-hydrogen) atoms. The third-order valence-corrected chi connectivity index (χ3v) is 6.65. The van der Waals surface area contributed by atoms with Crippen molar-refractivity contribution in [3.63, 3.8) is 0 Å². The van der Waals surface area contributed by atoms with Gasteiger partial charge in [0.2, 0.25) is 10.0 Å². The normalized spacial score (nSPS) is 24.6. The number of piperidine rings is 1. The van der Waals surface area contributed by atoms with Gasteiger partial charge in [-0.15, -0.1) is 10.2 Å². The van der Waals surface area contributed by atoms with Gasteiger partial charge in [-0.1, -0.05) is 20.8 Å². The Balaban J connectivity index is 1.75. The molecule has 1 aromatic heterocycles. The topological polar surface area (TPSA) is 68.1 Å². The summed E-state index contributed by atoms with van der Waals surface area (Å²) in [5, 5.41) is 8.33. The monoisotopic (exact) mass is 326 g/mol. The van der Waals surface area contributed by atoms with E-state index in [1.54, 1.807) is 10.6 Å². The van der Waals surface area contributed by atoms with Gasteiger partial charge in [0.05, 0.1) is 5.75 Å². The van der Waals surface area contributed by atoms with Crippen LogP contribution >= 0.6 is 0 Å². The summed E-state index contributed by atoms with van der Waals surface area (Å²) >= 11 is 0. The lowest BCUT2D eigenvalue weighted by atomic mass is 9.99. The van der Waals surface area contributed by atoms with Gasteiger partial charge in [0.15, 0.2) is 0 Å². The van der Waals surface area contributed by atoms with Gasteiger partial charge in [-0.05, 0) is 31.1 Å². The van der Waals surface area contributed by atoms with Crippen LogP contribution in [0.1, 0.15) is 64.2 Å². The first kappa shape index (κ1) is 15.9. The molecule has 3 rings (SSSR count). The van der Waals surface area contributed by atoms with Crippen LogP contribution in [0.5, 0.6) is 0 Å². The van der Waals surface area contributed by atoms with E-state index in [9.17, 15) is 8.42 Å². The van der Waals surface area contributed by atoms with Crippen LogP contribution in [-0.4, -0.2) is 46.3 Å². The first-order valence-corrected chi connectivity index (χ1v) is 9.74. The summed E-state index contributed by atoms with van der Waals surface area (Å²) in [7, 11) is -3.21. The molecule has 7 heteroatoms. The maximum Gasteiger partial charge on any atom is 0.214 e. The molecule has 2 aliphatic rings. The summed E-state index contributed by atoms with van der Waals surface area (Å²) in [6.07, 6.45) is 6.06. The lowest BCUT2D eigenvalue weighted by Gasteiger charge is -2.33. The van der Waals surface area contributed by atoms with Crippen molar-refractivity contribution in [2.75, 3.05) is 18.8 Å². The minimum atomic E-state index is -3.21. The van der Waals surface area contributed by atoms with E-state index in [0.29, 0.717) is 19.1 Å². The van der Waals surface area contributed by atoms with Crippen LogP contribution in [0.2, 0.25) is 0 Å². The zero-order valence-corrected chi connectivity index (χ0v) is 14.5. The van der Waals surface area contributed by atoms with Crippen molar-refractivity contribution in [2.45, 2.75) is 58.4 Å². The van der Waals surface area contributed by atoms with Crippen molar-refractivity contribution in [1.29, 1.82) is 0 Å². The molecule has 1 saturated carbocycles. The minimum absolute atomic E-state index is 0.173. The molecule has 124 valence electrons. The second kappa shape index (κ2) is 5.60. The Hall–Kier alpha value is -0.950. The Labute approximate surface area is 133 Å². The number of rotatable bonds is 4. The fraction of sp³-hybridized carbons (Fsp3) is 0.867. The third-order valence-electron chi connectivity index (χ3n) is 4.30. The van der Waals surface area contributed by atoms with Crippen LogP contribution in [0.3, 0.4) is 0 Å². The van der Waals surface area contributed by atoms with Gasteiger partial charge in [-0.25, -0.2) is 12.7 Å². The molecular weight excluding hydrogens is 300 g/mol. The Morgan fingerprint density at radius 2 is 2.00 bits per heavy atom. The Bertz CT molecular complexity index is 628. The van der Waals surface area contributed by atoms with Gasteiger partial charge < -0.3 is 4.57 Å². The maximum absolute atomic E-state index is 12.6. The maximum atomic E-state index is 12.6. The number of nitrogens with zero attached hydrogens (tertiary/aromatic N) is 4. The largest absolute Gasteiger partial charge is 0.314 e. The van der Waals surface area contributed by atoms with Crippen LogP contribution in [0, 0.1) is 5.41 Å². The first-order chi connectivity index (χ1) is 10.3. The average molecular weight is 326 g/mol. The van der Waals surface area contributed by atoms with Crippen molar-refractivity contribution in [3.05, 3.63) is 12.2 Å². The quantitative estimate of drug-likeness (QED) is 0.850. The van der Waals surface area contributed by atoms with Crippen LogP contribution in [0.15, 0.2) is 6.33 Å². The summed E-state index contributed by atoms with van der Waals surface area (Å²) in [4.78, 5) is 0. The highest BCUT2D eigenvalue weighted by Gasteiger charge is 2.36. The zero-order chi connectivity index (χ0) is 16.0. The Kier molecular flexibility index (Phi) is 4.05. The molecule has 6 nitrogen and oxygen atoms in total. The molecular formula is C15H26N4O2S. The summed E-state index contributed by atoms with van der Waals surface area (Å²) < 4.78 is 29.1. The smallest absolute Gasteiger partial charge is 0.214 e. The SMILES string of the molecule is CC(C)(C)CS(=O)(=O)N1CCCC(c2nncn2C2CC2)C1.